The van der Waals surface area contributed by atoms with Crippen LogP contribution in [0.5, 0.6) is 5.75 Å². The number of hydrogen-bond acceptors (Lipinski definition) is 3. The number of benzene rings is 2. The standard InChI is InChI=1S/C16H13Cl2N3O/c1-2-21-14-6-4-3-5-13(14)20-16(21)19-9-10-7-11(17)8-12(18)15(10)22/h3-9,22H,2H2,1H3/b19-9+. The first-order valence-corrected chi connectivity index (χ1v) is 7.53. The molecule has 4 nitrogen and oxygen atoms in total. The lowest BCUT2D eigenvalue weighted by Gasteiger charge is -2.03. The van der Waals surface area contributed by atoms with E-state index in [-0.39, 0.29) is 10.8 Å². The van der Waals surface area contributed by atoms with Gasteiger partial charge >= 0.3 is 0 Å². The molecule has 0 spiro atoms. The van der Waals surface area contributed by atoms with Crippen LogP contribution in [0.1, 0.15) is 12.5 Å². The van der Waals surface area contributed by atoms with Crippen LogP contribution < -0.4 is 0 Å². The number of para-hydroxylation sites is 2. The Labute approximate surface area is 137 Å². The van der Waals surface area contributed by atoms with Crippen LogP contribution in [-0.4, -0.2) is 20.9 Å². The Bertz CT molecular complexity index is 871. The van der Waals surface area contributed by atoms with Crippen LogP contribution >= 0.6 is 23.2 Å². The summed E-state index contributed by atoms with van der Waals surface area (Å²) >= 11 is 11.9. The molecule has 0 aliphatic carbocycles. The first-order chi connectivity index (χ1) is 10.6. The Balaban J connectivity index is 2.06. The molecule has 0 radical (unpaired) electrons. The van der Waals surface area contributed by atoms with Gasteiger partial charge in [0.15, 0.2) is 0 Å². The summed E-state index contributed by atoms with van der Waals surface area (Å²) in [5, 5.41) is 10.6. The first-order valence-electron chi connectivity index (χ1n) is 6.77. The molecule has 0 unspecified atom stereocenters. The van der Waals surface area contributed by atoms with E-state index in [1.807, 2.05) is 35.8 Å². The molecule has 0 aliphatic rings. The van der Waals surface area contributed by atoms with Crippen molar-refractivity contribution in [2.24, 2.45) is 4.99 Å². The molecule has 0 amide bonds. The molecule has 3 rings (SSSR count). The van der Waals surface area contributed by atoms with Crippen LogP contribution in [-0.2, 0) is 6.54 Å². The molecule has 112 valence electrons. The molecule has 1 heterocycles. The molecule has 0 fully saturated rings. The van der Waals surface area contributed by atoms with Crippen molar-refractivity contribution < 1.29 is 5.11 Å². The van der Waals surface area contributed by atoms with Gasteiger partial charge in [-0.1, -0.05) is 35.3 Å². The smallest absolute Gasteiger partial charge is 0.230 e. The summed E-state index contributed by atoms with van der Waals surface area (Å²) in [6, 6.07) is 10.9. The molecule has 6 heteroatoms. The number of hydrogen-bond donors (Lipinski definition) is 1. The molecule has 0 bridgehead atoms. The maximum Gasteiger partial charge on any atom is 0.230 e. The van der Waals surface area contributed by atoms with Crippen molar-refractivity contribution in [2.45, 2.75) is 13.5 Å². The van der Waals surface area contributed by atoms with Crippen LogP contribution in [0.15, 0.2) is 41.4 Å². The number of imidazole rings is 1. The second-order valence-corrected chi connectivity index (χ2v) is 5.57. The monoisotopic (exact) mass is 333 g/mol. The highest BCUT2D eigenvalue weighted by Gasteiger charge is 2.09. The van der Waals surface area contributed by atoms with Crippen LogP contribution in [0.2, 0.25) is 10.0 Å². The van der Waals surface area contributed by atoms with E-state index < -0.39 is 0 Å². The van der Waals surface area contributed by atoms with Crippen molar-refractivity contribution in [3.8, 4) is 5.75 Å². The molecule has 0 saturated heterocycles. The van der Waals surface area contributed by atoms with Crippen molar-refractivity contribution in [2.75, 3.05) is 0 Å². The zero-order valence-electron chi connectivity index (χ0n) is 11.8. The lowest BCUT2D eigenvalue weighted by atomic mass is 10.2. The summed E-state index contributed by atoms with van der Waals surface area (Å²) in [6.07, 6.45) is 1.51. The zero-order chi connectivity index (χ0) is 15.7. The van der Waals surface area contributed by atoms with Crippen LogP contribution in [0.3, 0.4) is 0 Å². The number of phenolic OH excluding ortho intramolecular Hbond substituents is 1. The summed E-state index contributed by atoms with van der Waals surface area (Å²) in [5.41, 5.74) is 2.35. The van der Waals surface area contributed by atoms with Gasteiger partial charge in [0.1, 0.15) is 5.75 Å². The fourth-order valence-corrected chi connectivity index (χ4v) is 2.79. The molecule has 1 aromatic heterocycles. The van der Waals surface area contributed by atoms with Crippen LogP contribution in [0, 0.1) is 0 Å². The normalized spacial score (nSPS) is 11.6. The minimum absolute atomic E-state index is 0.0472. The molecule has 0 aliphatic heterocycles. The molecular weight excluding hydrogens is 321 g/mol. The highest BCUT2D eigenvalue weighted by Crippen LogP contribution is 2.30. The number of phenols is 1. The fraction of sp³-hybridized carbons (Fsp3) is 0.125. The van der Waals surface area contributed by atoms with Crippen molar-refractivity contribution in [1.29, 1.82) is 0 Å². The second-order valence-electron chi connectivity index (χ2n) is 4.73. The van der Waals surface area contributed by atoms with E-state index >= 15 is 0 Å². The van der Waals surface area contributed by atoms with E-state index in [9.17, 15) is 5.11 Å². The number of halogens is 2. The average molecular weight is 334 g/mol. The predicted molar refractivity (Wildman–Crippen MR) is 90.8 cm³/mol. The lowest BCUT2D eigenvalue weighted by Crippen LogP contribution is -1.93. The van der Waals surface area contributed by atoms with Crippen LogP contribution in [0.25, 0.3) is 11.0 Å². The minimum atomic E-state index is -0.0472. The summed E-state index contributed by atoms with van der Waals surface area (Å²) in [6.45, 7) is 2.77. The van der Waals surface area contributed by atoms with Gasteiger partial charge in [-0.2, -0.15) is 0 Å². The number of rotatable bonds is 3. The number of aryl methyl sites for hydroxylation is 1. The van der Waals surface area contributed by atoms with Crippen molar-refractivity contribution >= 4 is 46.4 Å². The molecule has 1 N–H and O–H groups in total. The van der Waals surface area contributed by atoms with Crippen LogP contribution in [0.4, 0.5) is 5.95 Å². The summed E-state index contributed by atoms with van der Waals surface area (Å²) < 4.78 is 2.00. The van der Waals surface area contributed by atoms with E-state index in [1.54, 1.807) is 6.07 Å². The Morgan fingerprint density at radius 3 is 2.82 bits per heavy atom. The Morgan fingerprint density at radius 2 is 2.05 bits per heavy atom. The Hall–Kier alpha value is -2.04. The molecule has 0 atom stereocenters. The van der Waals surface area contributed by atoms with Gasteiger partial charge in [-0.25, -0.2) is 9.98 Å². The second kappa shape index (κ2) is 5.99. The third-order valence-corrected chi connectivity index (χ3v) is 3.83. The minimum Gasteiger partial charge on any atom is -0.506 e. The average Bonchev–Trinajstić information content (AvgIpc) is 2.86. The summed E-state index contributed by atoms with van der Waals surface area (Å²) in [7, 11) is 0. The van der Waals surface area contributed by atoms with Crippen molar-refractivity contribution in [3.63, 3.8) is 0 Å². The molecule has 3 aromatic rings. The first kappa shape index (κ1) is 14.9. The number of aromatic nitrogens is 2. The van der Waals surface area contributed by atoms with Crippen molar-refractivity contribution in [3.05, 3.63) is 52.0 Å². The van der Waals surface area contributed by atoms with Crippen molar-refractivity contribution in [1.82, 2.24) is 9.55 Å². The van der Waals surface area contributed by atoms with E-state index in [2.05, 4.69) is 9.98 Å². The SMILES string of the molecule is CCn1c(/N=C/c2cc(Cl)cc(Cl)c2O)nc2ccccc21. The zero-order valence-corrected chi connectivity index (χ0v) is 13.3. The molecule has 2 aromatic carbocycles. The van der Waals surface area contributed by atoms with Gasteiger partial charge in [0.25, 0.3) is 0 Å². The topological polar surface area (TPSA) is 50.4 Å². The highest BCUT2D eigenvalue weighted by atomic mass is 35.5. The molecule has 0 saturated carbocycles. The van der Waals surface area contributed by atoms with Gasteiger partial charge in [0.05, 0.1) is 16.1 Å². The van der Waals surface area contributed by atoms with Gasteiger partial charge in [-0.3, -0.25) is 0 Å². The third kappa shape index (κ3) is 2.67. The molecular formula is C16H13Cl2N3O. The van der Waals surface area contributed by atoms with E-state index in [0.29, 0.717) is 16.5 Å². The van der Waals surface area contributed by atoms with Gasteiger partial charge in [-0.15, -0.1) is 0 Å². The Morgan fingerprint density at radius 1 is 1.27 bits per heavy atom. The van der Waals surface area contributed by atoms with E-state index in [1.165, 1.54) is 12.3 Å². The Kier molecular flexibility index (Phi) is 4.05. The quantitative estimate of drug-likeness (QED) is 0.698. The number of aliphatic imine (C=N–C) groups is 1. The number of nitrogens with zero attached hydrogens (tertiary/aromatic N) is 3. The molecule has 22 heavy (non-hydrogen) atoms. The van der Waals surface area contributed by atoms with Gasteiger partial charge in [0.2, 0.25) is 5.95 Å². The van der Waals surface area contributed by atoms with Gasteiger partial charge in [0, 0.05) is 23.3 Å². The summed E-state index contributed by atoms with van der Waals surface area (Å²) in [5.74, 6) is 0.521. The predicted octanol–water partition coefficient (Wildman–Crippen LogP) is 4.82. The largest absolute Gasteiger partial charge is 0.506 e. The van der Waals surface area contributed by atoms with E-state index in [0.717, 1.165) is 17.6 Å². The highest BCUT2D eigenvalue weighted by molar-refractivity contribution is 6.36. The van der Waals surface area contributed by atoms with Gasteiger partial charge in [-0.05, 0) is 31.2 Å². The third-order valence-electron chi connectivity index (χ3n) is 3.33. The van der Waals surface area contributed by atoms with E-state index in [4.69, 9.17) is 23.2 Å². The maximum atomic E-state index is 9.96. The number of fused-ring (bicyclic) bond motifs is 1. The fourth-order valence-electron chi connectivity index (χ4n) is 2.28. The maximum absolute atomic E-state index is 9.96. The number of aromatic hydroxyl groups is 1. The lowest BCUT2D eigenvalue weighted by molar-refractivity contribution is 0.475. The van der Waals surface area contributed by atoms with Gasteiger partial charge < -0.3 is 9.67 Å². The summed E-state index contributed by atoms with van der Waals surface area (Å²) in [4.78, 5) is 8.87.